The van der Waals surface area contributed by atoms with Crippen LogP contribution in [0, 0.1) is 5.92 Å². The Balaban J connectivity index is 1.94. The fraction of sp³-hybridized carbons (Fsp3) is 0.917. The van der Waals surface area contributed by atoms with Gasteiger partial charge >= 0.3 is 0 Å². The average molecular weight is 225 g/mol. The third-order valence-electron chi connectivity index (χ3n) is 3.94. The van der Waals surface area contributed by atoms with Crippen molar-refractivity contribution in [3.8, 4) is 0 Å². The molecule has 2 rings (SSSR count). The Labute approximate surface area is 97.8 Å². The predicted molar refractivity (Wildman–Crippen MR) is 64.0 cm³/mol. The first kappa shape index (κ1) is 11.9. The number of nitrogens with two attached hydrogens (primary N) is 1. The number of hydrogen-bond donors (Lipinski definition) is 1. The molecule has 4 nitrogen and oxygen atoms in total. The van der Waals surface area contributed by atoms with E-state index in [1.165, 1.54) is 19.4 Å². The van der Waals surface area contributed by atoms with Crippen LogP contribution in [0.15, 0.2) is 0 Å². The third kappa shape index (κ3) is 2.38. The Morgan fingerprint density at radius 1 is 1.44 bits per heavy atom. The van der Waals surface area contributed by atoms with E-state index in [1.54, 1.807) is 0 Å². The summed E-state index contributed by atoms with van der Waals surface area (Å²) in [5, 5.41) is 0. The van der Waals surface area contributed by atoms with Crippen molar-refractivity contribution in [1.29, 1.82) is 0 Å². The normalized spacial score (nSPS) is 32.4. The van der Waals surface area contributed by atoms with Crippen molar-refractivity contribution in [2.45, 2.75) is 32.2 Å². The van der Waals surface area contributed by atoms with Crippen LogP contribution in [0.5, 0.6) is 0 Å². The second kappa shape index (κ2) is 5.15. The van der Waals surface area contributed by atoms with Gasteiger partial charge in [0.1, 0.15) is 0 Å². The van der Waals surface area contributed by atoms with Crippen LogP contribution in [0.4, 0.5) is 0 Å². The highest BCUT2D eigenvalue weighted by molar-refractivity contribution is 5.79. The van der Waals surface area contributed by atoms with Crippen LogP contribution in [-0.2, 0) is 4.79 Å². The summed E-state index contributed by atoms with van der Waals surface area (Å²) < 4.78 is 0. The number of likely N-dealkylation sites (N-methyl/N-ethyl adjacent to an activating group) is 1. The average Bonchev–Trinajstić information content (AvgIpc) is 2.71. The highest BCUT2D eigenvalue weighted by atomic mass is 16.2. The lowest BCUT2D eigenvalue weighted by atomic mass is 10.0. The number of amides is 1. The lowest BCUT2D eigenvalue weighted by Crippen LogP contribution is -2.48. The molecule has 2 fully saturated rings. The van der Waals surface area contributed by atoms with Gasteiger partial charge in [-0.2, -0.15) is 0 Å². The molecule has 2 aliphatic rings. The zero-order valence-electron chi connectivity index (χ0n) is 10.2. The summed E-state index contributed by atoms with van der Waals surface area (Å²) in [7, 11) is 0. The minimum absolute atomic E-state index is 0.318. The summed E-state index contributed by atoms with van der Waals surface area (Å²) in [6.45, 7) is 7.06. The van der Waals surface area contributed by atoms with E-state index in [1.807, 2.05) is 0 Å². The lowest BCUT2D eigenvalue weighted by Gasteiger charge is -2.37. The largest absolute Gasteiger partial charge is 0.338 e. The zero-order valence-corrected chi connectivity index (χ0v) is 10.2. The highest BCUT2D eigenvalue weighted by Gasteiger charge is 2.35. The fourth-order valence-corrected chi connectivity index (χ4v) is 2.89. The molecule has 0 aromatic rings. The van der Waals surface area contributed by atoms with Crippen molar-refractivity contribution in [2.75, 3.05) is 32.7 Å². The number of hydrogen-bond acceptors (Lipinski definition) is 3. The van der Waals surface area contributed by atoms with Crippen LogP contribution in [-0.4, -0.2) is 54.5 Å². The van der Waals surface area contributed by atoms with Gasteiger partial charge in [0.2, 0.25) is 5.91 Å². The Morgan fingerprint density at radius 2 is 2.25 bits per heavy atom. The summed E-state index contributed by atoms with van der Waals surface area (Å²) >= 11 is 0. The van der Waals surface area contributed by atoms with Crippen LogP contribution in [0.2, 0.25) is 0 Å². The van der Waals surface area contributed by atoms with Crippen LogP contribution < -0.4 is 5.73 Å². The molecular formula is C12H23N3O. The van der Waals surface area contributed by atoms with Crippen LogP contribution >= 0.6 is 0 Å². The van der Waals surface area contributed by atoms with E-state index in [-0.39, 0.29) is 0 Å². The Hall–Kier alpha value is -0.610. The van der Waals surface area contributed by atoms with Crippen LogP contribution in [0.25, 0.3) is 0 Å². The van der Waals surface area contributed by atoms with Crippen molar-refractivity contribution >= 4 is 5.91 Å². The maximum Gasteiger partial charge on any atom is 0.223 e. The minimum atomic E-state index is 0.318. The fourth-order valence-electron chi connectivity index (χ4n) is 2.89. The molecule has 2 heterocycles. The molecule has 2 N–H and O–H groups in total. The molecule has 92 valence electrons. The summed E-state index contributed by atoms with van der Waals surface area (Å²) in [6.07, 6.45) is 3.05. The molecule has 4 heteroatoms. The summed E-state index contributed by atoms with van der Waals surface area (Å²) in [5.74, 6) is 0.711. The van der Waals surface area contributed by atoms with Crippen molar-refractivity contribution in [1.82, 2.24) is 9.80 Å². The highest BCUT2D eigenvalue weighted by Crippen LogP contribution is 2.24. The molecule has 0 saturated carbocycles. The number of piperidine rings is 1. The standard InChI is InChI=1S/C12H23N3O/c1-2-14-5-3-4-11(9-14)15-8-10(7-13)6-12(15)16/h10-11H,2-9,13H2,1H3. The van der Waals surface area contributed by atoms with Crippen molar-refractivity contribution in [2.24, 2.45) is 11.7 Å². The van der Waals surface area contributed by atoms with E-state index in [0.717, 1.165) is 19.6 Å². The molecule has 2 aliphatic heterocycles. The zero-order chi connectivity index (χ0) is 11.5. The van der Waals surface area contributed by atoms with Crippen LogP contribution in [0.3, 0.4) is 0 Å². The molecule has 2 saturated heterocycles. The number of likely N-dealkylation sites (tertiary alicyclic amines) is 2. The van der Waals surface area contributed by atoms with Crippen molar-refractivity contribution in [3.05, 3.63) is 0 Å². The topological polar surface area (TPSA) is 49.6 Å². The summed E-state index contributed by atoms with van der Waals surface area (Å²) in [4.78, 5) is 16.4. The minimum Gasteiger partial charge on any atom is -0.338 e. The molecule has 2 atom stereocenters. The van der Waals surface area contributed by atoms with Gasteiger partial charge in [-0.3, -0.25) is 4.79 Å². The van der Waals surface area contributed by atoms with Gasteiger partial charge in [0.25, 0.3) is 0 Å². The Bertz CT molecular complexity index is 257. The smallest absolute Gasteiger partial charge is 0.223 e. The van der Waals surface area contributed by atoms with Gasteiger partial charge < -0.3 is 15.5 Å². The molecule has 0 aromatic carbocycles. The molecule has 0 radical (unpaired) electrons. The van der Waals surface area contributed by atoms with Gasteiger partial charge in [0.15, 0.2) is 0 Å². The number of rotatable bonds is 3. The molecule has 0 bridgehead atoms. The number of carbonyl (C=O) groups is 1. The lowest BCUT2D eigenvalue weighted by molar-refractivity contribution is -0.130. The first-order chi connectivity index (χ1) is 7.74. The second-order valence-corrected chi connectivity index (χ2v) is 5.04. The predicted octanol–water partition coefficient (Wildman–Crippen LogP) is 0.278. The van der Waals surface area contributed by atoms with E-state index in [9.17, 15) is 4.79 Å². The summed E-state index contributed by atoms with van der Waals surface area (Å²) in [6, 6.07) is 0.442. The van der Waals surface area contributed by atoms with E-state index in [4.69, 9.17) is 5.73 Å². The van der Waals surface area contributed by atoms with Crippen molar-refractivity contribution < 1.29 is 4.79 Å². The summed E-state index contributed by atoms with van der Waals surface area (Å²) in [5.41, 5.74) is 5.65. The molecular weight excluding hydrogens is 202 g/mol. The van der Waals surface area contributed by atoms with Gasteiger partial charge in [-0.25, -0.2) is 0 Å². The third-order valence-corrected chi connectivity index (χ3v) is 3.94. The molecule has 2 unspecified atom stereocenters. The Morgan fingerprint density at radius 3 is 2.88 bits per heavy atom. The van der Waals surface area contributed by atoms with E-state index < -0.39 is 0 Å². The first-order valence-electron chi connectivity index (χ1n) is 6.46. The van der Waals surface area contributed by atoms with Gasteiger partial charge in [0.05, 0.1) is 0 Å². The van der Waals surface area contributed by atoms with Crippen molar-refractivity contribution in [3.63, 3.8) is 0 Å². The molecule has 16 heavy (non-hydrogen) atoms. The quantitative estimate of drug-likeness (QED) is 0.750. The number of carbonyl (C=O) groups excluding carboxylic acids is 1. The first-order valence-corrected chi connectivity index (χ1v) is 6.46. The Kier molecular flexibility index (Phi) is 3.82. The maximum atomic E-state index is 11.9. The van der Waals surface area contributed by atoms with Crippen LogP contribution in [0.1, 0.15) is 26.2 Å². The van der Waals surface area contributed by atoms with Gasteiger partial charge in [0, 0.05) is 25.6 Å². The van der Waals surface area contributed by atoms with Gasteiger partial charge in [-0.15, -0.1) is 0 Å². The monoisotopic (exact) mass is 225 g/mol. The molecule has 0 aliphatic carbocycles. The van der Waals surface area contributed by atoms with Gasteiger partial charge in [-0.1, -0.05) is 6.92 Å². The SMILES string of the molecule is CCN1CCCC(N2CC(CN)CC2=O)C1. The van der Waals surface area contributed by atoms with E-state index >= 15 is 0 Å². The maximum absolute atomic E-state index is 11.9. The van der Waals surface area contributed by atoms with Gasteiger partial charge in [-0.05, 0) is 38.4 Å². The molecule has 1 amide bonds. The number of nitrogens with zero attached hydrogens (tertiary/aromatic N) is 2. The van der Waals surface area contributed by atoms with E-state index in [2.05, 4.69) is 16.7 Å². The molecule has 0 aromatic heterocycles. The second-order valence-electron chi connectivity index (χ2n) is 5.04. The van der Waals surface area contributed by atoms with E-state index in [0.29, 0.717) is 30.8 Å². The molecule has 0 spiro atoms.